The van der Waals surface area contributed by atoms with Crippen molar-refractivity contribution in [1.82, 2.24) is 19.9 Å². The highest BCUT2D eigenvalue weighted by atomic mass is 19.4. The van der Waals surface area contributed by atoms with Crippen LogP contribution < -0.4 is 0 Å². The molecule has 0 spiro atoms. The number of halogens is 4. The standard InChI is InChI=1S/C23H22F4N4O2/c24-19-7-4-16(5-8-19)6-9-21(32)31-12-10-30(11-13-31)15-20-28-22(29-33-20)17-2-1-3-18(14-17)23(25,26)27/h1-5,7-8,14H,6,9-13,15H2. The summed E-state index contributed by atoms with van der Waals surface area (Å²) >= 11 is 0. The van der Waals surface area contributed by atoms with E-state index in [-0.39, 0.29) is 23.1 Å². The molecule has 0 atom stereocenters. The van der Waals surface area contributed by atoms with Crippen molar-refractivity contribution < 1.29 is 26.9 Å². The van der Waals surface area contributed by atoms with Crippen molar-refractivity contribution in [3.8, 4) is 11.4 Å². The number of rotatable bonds is 6. The second-order valence-corrected chi connectivity index (χ2v) is 7.87. The van der Waals surface area contributed by atoms with Crippen LogP contribution in [0.5, 0.6) is 0 Å². The van der Waals surface area contributed by atoms with Crippen molar-refractivity contribution in [1.29, 1.82) is 0 Å². The average Bonchev–Trinajstić information content (AvgIpc) is 3.27. The molecular weight excluding hydrogens is 440 g/mol. The third kappa shape index (κ3) is 5.95. The zero-order valence-electron chi connectivity index (χ0n) is 17.7. The van der Waals surface area contributed by atoms with Gasteiger partial charge in [0.1, 0.15) is 5.82 Å². The Hall–Kier alpha value is -3.27. The SMILES string of the molecule is O=C(CCc1ccc(F)cc1)N1CCN(Cc2nc(-c3cccc(C(F)(F)F)c3)no2)CC1. The van der Waals surface area contributed by atoms with Gasteiger partial charge in [-0.05, 0) is 36.2 Å². The molecule has 1 fully saturated rings. The normalized spacial score (nSPS) is 15.1. The number of nitrogens with zero attached hydrogens (tertiary/aromatic N) is 4. The van der Waals surface area contributed by atoms with E-state index in [4.69, 9.17) is 4.52 Å². The predicted molar refractivity (Wildman–Crippen MR) is 111 cm³/mol. The minimum Gasteiger partial charge on any atom is -0.340 e. The number of amides is 1. The fraction of sp³-hybridized carbons (Fsp3) is 0.348. The summed E-state index contributed by atoms with van der Waals surface area (Å²) in [4.78, 5) is 20.5. The summed E-state index contributed by atoms with van der Waals surface area (Å²) in [5.74, 6) is 0.150. The first-order valence-corrected chi connectivity index (χ1v) is 10.5. The molecule has 0 N–H and O–H groups in total. The van der Waals surface area contributed by atoms with Crippen molar-refractivity contribution >= 4 is 5.91 Å². The van der Waals surface area contributed by atoms with E-state index in [1.807, 2.05) is 4.90 Å². The van der Waals surface area contributed by atoms with Crippen LogP contribution in [0.1, 0.15) is 23.4 Å². The van der Waals surface area contributed by atoms with E-state index >= 15 is 0 Å². The molecule has 0 bridgehead atoms. The minimum absolute atomic E-state index is 0.0450. The highest BCUT2D eigenvalue weighted by molar-refractivity contribution is 5.76. The number of carbonyl (C=O) groups is 1. The van der Waals surface area contributed by atoms with E-state index in [9.17, 15) is 22.4 Å². The lowest BCUT2D eigenvalue weighted by Gasteiger charge is -2.34. The molecule has 3 aromatic rings. The monoisotopic (exact) mass is 462 g/mol. The summed E-state index contributed by atoms with van der Waals surface area (Å²) in [6.07, 6.45) is -3.53. The summed E-state index contributed by atoms with van der Waals surface area (Å²) in [7, 11) is 0. The molecular formula is C23H22F4N4O2. The van der Waals surface area contributed by atoms with Crippen molar-refractivity contribution in [2.75, 3.05) is 26.2 Å². The molecule has 6 nitrogen and oxygen atoms in total. The van der Waals surface area contributed by atoms with E-state index in [0.717, 1.165) is 17.7 Å². The number of hydrogen-bond donors (Lipinski definition) is 0. The van der Waals surface area contributed by atoms with E-state index < -0.39 is 11.7 Å². The minimum atomic E-state index is -4.45. The van der Waals surface area contributed by atoms with Crippen LogP contribution >= 0.6 is 0 Å². The Morgan fingerprint density at radius 1 is 1.03 bits per heavy atom. The maximum atomic E-state index is 13.0. The molecule has 4 rings (SSSR count). The molecule has 2 heterocycles. The quantitative estimate of drug-likeness (QED) is 0.515. The Bertz CT molecular complexity index is 1090. The van der Waals surface area contributed by atoms with Crippen molar-refractivity contribution in [2.45, 2.75) is 25.6 Å². The van der Waals surface area contributed by atoms with Crippen molar-refractivity contribution in [3.05, 3.63) is 71.4 Å². The van der Waals surface area contributed by atoms with Crippen molar-refractivity contribution in [2.24, 2.45) is 0 Å². The van der Waals surface area contributed by atoms with Gasteiger partial charge in [0, 0.05) is 38.2 Å². The van der Waals surface area contributed by atoms with Crippen LogP contribution in [0.2, 0.25) is 0 Å². The summed E-state index contributed by atoms with van der Waals surface area (Å²) in [5.41, 5.74) is 0.374. The van der Waals surface area contributed by atoms with Gasteiger partial charge in [-0.3, -0.25) is 9.69 Å². The van der Waals surface area contributed by atoms with Gasteiger partial charge in [0.2, 0.25) is 17.6 Å². The zero-order chi connectivity index (χ0) is 23.4. The molecule has 1 aromatic heterocycles. The van der Waals surface area contributed by atoms with Gasteiger partial charge in [-0.1, -0.05) is 29.4 Å². The molecule has 0 aliphatic carbocycles. The Kier molecular flexibility index (Phi) is 6.73. The topological polar surface area (TPSA) is 62.5 Å². The molecule has 1 aliphatic heterocycles. The van der Waals surface area contributed by atoms with Gasteiger partial charge in [0.05, 0.1) is 12.1 Å². The van der Waals surface area contributed by atoms with Gasteiger partial charge in [-0.2, -0.15) is 18.2 Å². The molecule has 1 saturated heterocycles. The van der Waals surface area contributed by atoms with Gasteiger partial charge in [0.15, 0.2) is 0 Å². The fourth-order valence-corrected chi connectivity index (χ4v) is 3.68. The van der Waals surface area contributed by atoms with Gasteiger partial charge in [-0.25, -0.2) is 4.39 Å². The highest BCUT2D eigenvalue weighted by Crippen LogP contribution is 2.31. The summed E-state index contributed by atoms with van der Waals surface area (Å²) in [5, 5.41) is 3.81. The smallest absolute Gasteiger partial charge is 0.340 e. The Morgan fingerprint density at radius 3 is 2.45 bits per heavy atom. The van der Waals surface area contributed by atoms with Gasteiger partial charge >= 0.3 is 6.18 Å². The first-order valence-electron chi connectivity index (χ1n) is 10.5. The number of hydrogen-bond acceptors (Lipinski definition) is 5. The second-order valence-electron chi connectivity index (χ2n) is 7.87. The summed E-state index contributed by atoms with van der Waals surface area (Å²) < 4.78 is 57.0. The Morgan fingerprint density at radius 2 is 1.76 bits per heavy atom. The van der Waals surface area contributed by atoms with Gasteiger partial charge in [0.25, 0.3) is 0 Å². The fourth-order valence-electron chi connectivity index (χ4n) is 3.68. The lowest BCUT2D eigenvalue weighted by atomic mass is 10.1. The van der Waals surface area contributed by atoms with Crippen LogP contribution in [0.25, 0.3) is 11.4 Å². The number of carbonyl (C=O) groups excluding carboxylic acids is 1. The Labute approximate surface area is 187 Å². The summed E-state index contributed by atoms with van der Waals surface area (Å²) in [6, 6.07) is 10.9. The van der Waals surface area contributed by atoms with Crippen LogP contribution in [0.4, 0.5) is 17.6 Å². The van der Waals surface area contributed by atoms with Crippen molar-refractivity contribution in [3.63, 3.8) is 0 Å². The van der Waals surface area contributed by atoms with E-state index in [1.165, 1.54) is 24.3 Å². The number of aromatic nitrogens is 2. The average molecular weight is 462 g/mol. The molecule has 10 heteroatoms. The first kappa shape index (κ1) is 22.9. The molecule has 0 radical (unpaired) electrons. The van der Waals surface area contributed by atoms with Crippen LogP contribution in [-0.2, 0) is 23.9 Å². The molecule has 0 unspecified atom stereocenters. The number of alkyl halides is 3. The van der Waals surface area contributed by atoms with Crippen LogP contribution in [0, 0.1) is 5.82 Å². The largest absolute Gasteiger partial charge is 0.416 e. The maximum absolute atomic E-state index is 13.0. The van der Waals surface area contributed by atoms with E-state index in [0.29, 0.717) is 51.5 Å². The molecule has 33 heavy (non-hydrogen) atoms. The van der Waals surface area contributed by atoms with E-state index in [2.05, 4.69) is 10.1 Å². The Balaban J connectivity index is 1.27. The molecule has 0 saturated carbocycles. The van der Waals surface area contributed by atoms with E-state index in [1.54, 1.807) is 17.0 Å². The zero-order valence-corrected chi connectivity index (χ0v) is 17.7. The third-order valence-electron chi connectivity index (χ3n) is 5.54. The molecule has 1 amide bonds. The van der Waals surface area contributed by atoms with Gasteiger partial charge < -0.3 is 9.42 Å². The van der Waals surface area contributed by atoms with Crippen LogP contribution in [-0.4, -0.2) is 52.0 Å². The number of aryl methyl sites for hydroxylation is 1. The lowest BCUT2D eigenvalue weighted by molar-refractivity contribution is -0.137. The molecule has 1 aliphatic rings. The first-order chi connectivity index (χ1) is 15.8. The third-order valence-corrected chi connectivity index (χ3v) is 5.54. The lowest BCUT2D eigenvalue weighted by Crippen LogP contribution is -2.48. The van der Waals surface area contributed by atoms with Crippen LogP contribution in [0.3, 0.4) is 0 Å². The summed E-state index contributed by atoms with van der Waals surface area (Å²) in [6.45, 7) is 2.68. The highest BCUT2D eigenvalue weighted by Gasteiger charge is 2.31. The maximum Gasteiger partial charge on any atom is 0.416 e. The van der Waals surface area contributed by atoms with Crippen LogP contribution in [0.15, 0.2) is 53.1 Å². The molecule has 174 valence electrons. The number of benzene rings is 2. The molecule has 2 aromatic carbocycles. The second kappa shape index (κ2) is 9.70. The predicted octanol–water partition coefficient (Wildman–Crippen LogP) is 4.17. The number of piperazine rings is 1. The van der Waals surface area contributed by atoms with Gasteiger partial charge in [-0.15, -0.1) is 0 Å².